The minimum absolute atomic E-state index is 0.148. The summed E-state index contributed by atoms with van der Waals surface area (Å²) in [6, 6.07) is 13.2. The maximum atomic E-state index is 13.5. The molecule has 0 aromatic heterocycles. The molecule has 7 nitrogen and oxygen atoms in total. The predicted octanol–water partition coefficient (Wildman–Crippen LogP) is 2.70. The van der Waals surface area contributed by atoms with Gasteiger partial charge in [0.1, 0.15) is 17.1 Å². The van der Waals surface area contributed by atoms with Crippen molar-refractivity contribution in [3.8, 4) is 6.07 Å². The van der Waals surface area contributed by atoms with Crippen LogP contribution in [0.3, 0.4) is 0 Å². The lowest BCUT2D eigenvalue weighted by Crippen LogP contribution is -2.47. The summed E-state index contributed by atoms with van der Waals surface area (Å²) in [6.45, 7) is 0. The Labute approximate surface area is 172 Å². The van der Waals surface area contributed by atoms with Gasteiger partial charge < -0.3 is 15.8 Å². The Hall–Kier alpha value is -3.70. The van der Waals surface area contributed by atoms with Gasteiger partial charge in [-0.3, -0.25) is 14.4 Å². The third-order valence-electron chi connectivity index (χ3n) is 5.37. The second kappa shape index (κ2) is 5.65. The third-order valence-corrected chi connectivity index (χ3v) is 5.86. The van der Waals surface area contributed by atoms with Gasteiger partial charge in [0.15, 0.2) is 11.5 Å². The van der Waals surface area contributed by atoms with Gasteiger partial charge in [0.25, 0.3) is 0 Å². The molecule has 2 aromatic rings. The maximum Gasteiger partial charge on any atom is 0.245 e. The number of allylic oxidation sites excluding steroid dienone is 1. The van der Waals surface area contributed by atoms with Gasteiger partial charge in [0.2, 0.25) is 17.6 Å². The molecule has 0 bridgehead atoms. The second-order valence-electron chi connectivity index (χ2n) is 6.76. The predicted molar refractivity (Wildman–Crippen MR) is 104 cm³/mol. The normalized spacial score (nSPS) is 22.0. The monoisotopic (exact) mass is 447 g/mol. The molecule has 1 aliphatic carbocycles. The highest BCUT2D eigenvalue weighted by Gasteiger charge is 2.61. The molecule has 2 heterocycles. The minimum Gasteiger partial charge on any atom is -0.436 e. The molecule has 3 N–H and O–H groups in total. The van der Waals surface area contributed by atoms with E-state index in [-0.39, 0.29) is 33.9 Å². The molecule has 8 heteroatoms. The number of hydrogen-bond acceptors (Lipinski definition) is 6. The van der Waals surface area contributed by atoms with Crippen LogP contribution < -0.4 is 11.1 Å². The van der Waals surface area contributed by atoms with Crippen molar-refractivity contribution in [3.63, 3.8) is 0 Å². The maximum absolute atomic E-state index is 13.5. The first-order valence-electron chi connectivity index (χ1n) is 8.54. The number of hydrogen-bond donors (Lipinski definition) is 2. The van der Waals surface area contributed by atoms with E-state index in [1.807, 2.05) is 6.07 Å². The van der Waals surface area contributed by atoms with E-state index in [2.05, 4.69) is 21.2 Å². The van der Waals surface area contributed by atoms with Crippen LogP contribution in [0, 0.1) is 11.3 Å². The fourth-order valence-electron chi connectivity index (χ4n) is 4.18. The molecule has 2 aromatic carbocycles. The Bertz CT molecular complexity index is 1300. The smallest absolute Gasteiger partial charge is 0.245 e. The fourth-order valence-corrected chi connectivity index (χ4v) is 4.54. The number of halogens is 1. The fraction of sp³-hybridized carbons (Fsp3) is 0.0476. The number of nitriles is 1. The Balaban J connectivity index is 1.91. The number of Topliss-reactive ketones (excluding diaryl/α,β-unsaturated/α-hetero) is 2. The highest BCUT2D eigenvalue weighted by molar-refractivity contribution is 9.10. The SMILES string of the molecule is N#CC1=C(N)OC2=C(C(=O)c3ccccc3C2=O)[C@@]12C(=O)Nc1cc(Br)ccc12. The van der Waals surface area contributed by atoms with Gasteiger partial charge in [-0.25, -0.2) is 0 Å². The average molecular weight is 448 g/mol. The molecule has 0 radical (unpaired) electrons. The van der Waals surface area contributed by atoms with E-state index in [1.54, 1.807) is 30.3 Å². The van der Waals surface area contributed by atoms with Crippen molar-refractivity contribution in [2.45, 2.75) is 5.41 Å². The van der Waals surface area contributed by atoms with Crippen molar-refractivity contribution in [3.05, 3.63) is 86.4 Å². The number of nitrogens with one attached hydrogen (secondary N) is 1. The summed E-state index contributed by atoms with van der Waals surface area (Å²) >= 11 is 3.34. The average Bonchev–Trinajstić information content (AvgIpc) is 2.97. The minimum atomic E-state index is -1.86. The first-order valence-corrected chi connectivity index (χ1v) is 9.33. The second-order valence-corrected chi connectivity index (χ2v) is 7.67. The third kappa shape index (κ3) is 1.97. The van der Waals surface area contributed by atoms with Gasteiger partial charge in [0, 0.05) is 26.9 Å². The molecular weight excluding hydrogens is 438 g/mol. The van der Waals surface area contributed by atoms with E-state index in [1.165, 1.54) is 12.1 Å². The highest BCUT2D eigenvalue weighted by atomic mass is 79.9. The van der Waals surface area contributed by atoms with Crippen LogP contribution in [-0.4, -0.2) is 17.5 Å². The summed E-state index contributed by atoms with van der Waals surface area (Å²) < 4.78 is 6.16. The van der Waals surface area contributed by atoms with Gasteiger partial charge in [-0.2, -0.15) is 5.26 Å². The summed E-state index contributed by atoms with van der Waals surface area (Å²) in [5.74, 6) is -2.45. The van der Waals surface area contributed by atoms with Crippen molar-refractivity contribution >= 4 is 39.1 Å². The molecule has 1 spiro atoms. The molecule has 0 saturated heterocycles. The van der Waals surface area contributed by atoms with Gasteiger partial charge >= 0.3 is 0 Å². The molecule has 0 fully saturated rings. The van der Waals surface area contributed by atoms with Crippen LogP contribution in [-0.2, 0) is 14.9 Å². The number of carbonyl (C=O) groups excluding carboxylic acids is 3. The van der Waals surface area contributed by atoms with Crippen molar-refractivity contribution < 1.29 is 19.1 Å². The summed E-state index contributed by atoms with van der Waals surface area (Å²) in [5.41, 5.74) is 4.79. The van der Waals surface area contributed by atoms with Crippen molar-refractivity contribution in [2.75, 3.05) is 5.32 Å². The van der Waals surface area contributed by atoms with E-state index in [0.29, 0.717) is 15.7 Å². The molecule has 140 valence electrons. The number of carbonyl (C=O) groups is 3. The number of benzene rings is 2. The Morgan fingerprint density at radius 1 is 1.07 bits per heavy atom. The number of ketones is 2. The summed E-state index contributed by atoms with van der Waals surface area (Å²) in [7, 11) is 0. The number of ether oxygens (including phenoxy) is 1. The lowest BCUT2D eigenvalue weighted by Gasteiger charge is -2.36. The standard InChI is InChI=1S/C21H10BrN3O4/c22-9-5-6-12-14(7-9)25-20(28)21(12)13(8-23)19(24)29-18-15(21)16(26)10-3-1-2-4-11(10)17(18)27/h1-7H,24H2,(H,25,28)/t21-/m0/s1. The molecule has 3 aliphatic rings. The van der Waals surface area contributed by atoms with Gasteiger partial charge in [-0.15, -0.1) is 0 Å². The summed E-state index contributed by atoms with van der Waals surface area (Å²) in [5, 5.41) is 12.6. The quantitative estimate of drug-likeness (QED) is 0.639. The zero-order valence-electron chi connectivity index (χ0n) is 14.6. The first kappa shape index (κ1) is 17.4. The topological polar surface area (TPSA) is 122 Å². The van der Waals surface area contributed by atoms with E-state index in [0.717, 1.165) is 0 Å². The van der Waals surface area contributed by atoms with Crippen molar-refractivity contribution in [2.24, 2.45) is 5.73 Å². The zero-order chi connectivity index (χ0) is 20.5. The molecule has 1 atom stereocenters. The Morgan fingerprint density at radius 2 is 1.76 bits per heavy atom. The first-order chi connectivity index (χ1) is 13.9. The van der Waals surface area contributed by atoms with E-state index < -0.39 is 22.9 Å². The van der Waals surface area contributed by atoms with Crippen LogP contribution in [0.15, 0.2) is 69.7 Å². The number of anilines is 1. The number of rotatable bonds is 0. The van der Waals surface area contributed by atoms with Crippen molar-refractivity contribution in [1.82, 2.24) is 0 Å². The van der Waals surface area contributed by atoms with E-state index >= 15 is 0 Å². The van der Waals surface area contributed by atoms with Crippen molar-refractivity contribution in [1.29, 1.82) is 5.26 Å². The molecule has 29 heavy (non-hydrogen) atoms. The Kier molecular flexibility index (Phi) is 3.39. The molecule has 5 rings (SSSR count). The van der Waals surface area contributed by atoms with Crippen LogP contribution in [0.4, 0.5) is 5.69 Å². The van der Waals surface area contributed by atoms with Crippen LogP contribution in [0.25, 0.3) is 0 Å². The van der Waals surface area contributed by atoms with Gasteiger partial charge in [-0.05, 0) is 12.1 Å². The zero-order valence-corrected chi connectivity index (χ0v) is 16.2. The molecular formula is C21H10BrN3O4. The molecule has 0 saturated carbocycles. The lowest BCUT2D eigenvalue weighted by molar-refractivity contribution is -0.118. The summed E-state index contributed by atoms with van der Waals surface area (Å²) in [4.78, 5) is 39.9. The summed E-state index contributed by atoms with van der Waals surface area (Å²) in [6.07, 6.45) is 0. The number of nitrogens with two attached hydrogens (primary N) is 1. The number of amides is 1. The van der Waals surface area contributed by atoms with Gasteiger partial charge in [-0.1, -0.05) is 46.3 Å². The largest absolute Gasteiger partial charge is 0.436 e. The number of nitrogens with zero attached hydrogens (tertiary/aromatic N) is 1. The number of fused-ring (bicyclic) bond motifs is 4. The van der Waals surface area contributed by atoms with Crippen LogP contribution in [0.5, 0.6) is 0 Å². The van der Waals surface area contributed by atoms with E-state index in [4.69, 9.17) is 10.5 Å². The van der Waals surface area contributed by atoms with E-state index in [9.17, 15) is 19.6 Å². The highest BCUT2D eigenvalue weighted by Crippen LogP contribution is 2.54. The van der Waals surface area contributed by atoms with Crippen LogP contribution in [0.1, 0.15) is 26.3 Å². The lowest BCUT2D eigenvalue weighted by atomic mass is 9.64. The van der Waals surface area contributed by atoms with Gasteiger partial charge in [0.05, 0.1) is 5.57 Å². The van der Waals surface area contributed by atoms with Crippen LogP contribution in [0.2, 0.25) is 0 Å². The van der Waals surface area contributed by atoms with Crippen LogP contribution >= 0.6 is 15.9 Å². The molecule has 0 unspecified atom stereocenters. The molecule has 1 amide bonds. The molecule has 2 aliphatic heterocycles. The Morgan fingerprint density at radius 3 is 2.45 bits per heavy atom.